The van der Waals surface area contributed by atoms with E-state index in [1.807, 2.05) is 0 Å². The molecule has 82 valence electrons. The molecule has 0 saturated carbocycles. The average Bonchev–Trinajstić information content (AvgIpc) is 2.14. The Labute approximate surface area is 93.4 Å². The van der Waals surface area contributed by atoms with Crippen LogP contribution in [-0.2, 0) is 11.2 Å². The van der Waals surface area contributed by atoms with E-state index in [-0.39, 0.29) is 21.5 Å². The molecule has 1 rings (SSSR count). The molecule has 0 aliphatic carbocycles. The Kier molecular flexibility index (Phi) is 3.52. The molecule has 0 amide bonds. The van der Waals surface area contributed by atoms with Crippen LogP contribution in [0.4, 0.5) is 4.39 Å². The molecule has 0 aromatic heterocycles. The van der Waals surface area contributed by atoms with E-state index >= 15 is 0 Å². The van der Waals surface area contributed by atoms with Crippen molar-refractivity contribution in [3.8, 4) is 11.5 Å². The zero-order valence-corrected chi connectivity index (χ0v) is 9.34. The highest BCUT2D eigenvalue weighted by molar-refractivity contribution is 9.10. The van der Waals surface area contributed by atoms with Crippen LogP contribution in [0.2, 0.25) is 0 Å². The lowest BCUT2D eigenvalue weighted by molar-refractivity contribution is -0.136. The minimum absolute atomic E-state index is 0.00678. The Bertz CT molecular complexity index is 406. The number of rotatable bonds is 3. The van der Waals surface area contributed by atoms with Gasteiger partial charge in [-0.3, -0.25) is 4.79 Å². The van der Waals surface area contributed by atoms with Crippen LogP contribution in [0, 0.1) is 5.82 Å². The smallest absolute Gasteiger partial charge is 0.307 e. The van der Waals surface area contributed by atoms with Crippen LogP contribution < -0.4 is 4.74 Å². The van der Waals surface area contributed by atoms with Gasteiger partial charge in [-0.25, -0.2) is 4.39 Å². The monoisotopic (exact) mass is 278 g/mol. The normalized spacial score (nSPS) is 10.1. The van der Waals surface area contributed by atoms with Crippen molar-refractivity contribution in [2.45, 2.75) is 6.42 Å². The first-order valence-corrected chi connectivity index (χ1v) is 4.72. The molecule has 4 nitrogen and oxygen atoms in total. The van der Waals surface area contributed by atoms with Gasteiger partial charge in [-0.1, -0.05) is 0 Å². The van der Waals surface area contributed by atoms with Gasteiger partial charge in [0.25, 0.3) is 0 Å². The van der Waals surface area contributed by atoms with Gasteiger partial charge in [-0.05, 0) is 22.0 Å². The minimum Gasteiger partial charge on any atom is -0.506 e. The van der Waals surface area contributed by atoms with E-state index in [1.54, 1.807) is 0 Å². The van der Waals surface area contributed by atoms with Gasteiger partial charge >= 0.3 is 5.97 Å². The van der Waals surface area contributed by atoms with E-state index < -0.39 is 18.2 Å². The summed E-state index contributed by atoms with van der Waals surface area (Å²) in [7, 11) is 1.25. The van der Waals surface area contributed by atoms with E-state index in [9.17, 15) is 14.3 Å². The molecular weight excluding hydrogens is 271 g/mol. The van der Waals surface area contributed by atoms with Crippen LogP contribution in [0.25, 0.3) is 0 Å². The molecule has 1 aromatic rings. The van der Waals surface area contributed by atoms with Crippen LogP contribution in [0.15, 0.2) is 10.5 Å². The van der Waals surface area contributed by atoms with Crippen molar-refractivity contribution in [1.29, 1.82) is 0 Å². The predicted octanol–water partition coefficient (Wildman–Crippen LogP) is 1.93. The number of methoxy groups -OCH3 is 1. The fraction of sp³-hybridized carbons (Fsp3) is 0.222. The maximum Gasteiger partial charge on any atom is 0.307 e. The van der Waals surface area contributed by atoms with Crippen LogP contribution in [0.5, 0.6) is 11.5 Å². The van der Waals surface area contributed by atoms with Gasteiger partial charge in [0.1, 0.15) is 10.2 Å². The highest BCUT2D eigenvalue weighted by atomic mass is 79.9. The second-order valence-electron chi connectivity index (χ2n) is 2.78. The number of halogens is 2. The molecule has 6 heteroatoms. The Morgan fingerprint density at radius 2 is 2.27 bits per heavy atom. The number of carbonyl (C=O) groups is 1. The fourth-order valence-electron chi connectivity index (χ4n) is 1.13. The summed E-state index contributed by atoms with van der Waals surface area (Å²) in [4.78, 5) is 10.4. The highest BCUT2D eigenvalue weighted by Crippen LogP contribution is 2.38. The molecule has 2 N–H and O–H groups in total. The molecule has 0 heterocycles. The molecule has 0 atom stereocenters. The first-order valence-electron chi connectivity index (χ1n) is 3.93. The van der Waals surface area contributed by atoms with Gasteiger partial charge in [0.2, 0.25) is 0 Å². The molecule has 0 fully saturated rings. The highest BCUT2D eigenvalue weighted by Gasteiger charge is 2.18. The van der Waals surface area contributed by atoms with Gasteiger partial charge in [0.15, 0.2) is 11.6 Å². The summed E-state index contributed by atoms with van der Waals surface area (Å²) in [5, 5.41) is 18.0. The molecule has 0 aliphatic rings. The number of carboxylic acids is 1. The largest absolute Gasteiger partial charge is 0.506 e. The number of ether oxygens (including phenoxy) is 1. The minimum atomic E-state index is -1.15. The summed E-state index contributed by atoms with van der Waals surface area (Å²) >= 11 is 2.92. The third kappa shape index (κ3) is 2.38. The fourth-order valence-corrected chi connectivity index (χ4v) is 1.73. The van der Waals surface area contributed by atoms with Crippen LogP contribution >= 0.6 is 15.9 Å². The third-order valence-electron chi connectivity index (χ3n) is 1.78. The summed E-state index contributed by atoms with van der Waals surface area (Å²) in [5.74, 6) is -2.35. The molecule has 15 heavy (non-hydrogen) atoms. The topological polar surface area (TPSA) is 66.8 Å². The summed E-state index contributed by atoms with van der Waals surface area (Å²) < 4.78 is 18.0. The molecule has 0 aliphatic heterocycles. The van der Waals surface area contributed by atoms with Gasteiger partial charge in [0, 0.05) is 5.56 Å². The van der Waals surface area contributed by atoms with E-state index in [2.05, 4.69) is 20.7 Å². The first-order chi connectivity index (χ1) is 6.97. The number of benzene rings is 1. The second-order valence-corrected chi connectivity index (χ2v) is 3.58. The van der Waals surface area contributed by atoms with E-state index in [4.69, 9.17) is 5.11 Å². The zero-order valence-electron chi connectivity index (χ0n) is 7.75. The number of hydrogen-bond acceptors (Lipinski definition) is 3. The molecule has 0 spiro atoms. The lowest BCUT2D eigenvalue weighted by Crippen LogP contribution is -2.02. The first kappa shape index (κ1) is 11.8. The van der Waals surface area contributed by atoms with E-state index in [1.165, 1.54) is 7.11 Å². The van der Waals surface area contributed by atoms with Gasteiger partial charge in [0.05, 0.1) is 13.5 Å². The average molecular weight is 279 g/mol. The number of hydrogen-bond donors (Lipinski definition) is 2. The Morgan fingerprint density at radius 3 is 2.73 bits per heavy atom. The third-order valence-corrected chi connectivity index (χ3v) is 2.51. The lowest BCUT2D eigenvalue weighted by Gasteiger charge is -2.09. The summed E-state index contributed by atoms with van der Waals surface area (Å²) in [6.45, 7) is 0. The lowest BCUT2D eigenvalue weighted by atomic mass is 10.1. The molecule has 0 bridgehead atoms. The van der Waals surface area contributed by atoms with Crippen molar-refractivity contribution < 1.29 is 24.1 Å². The van der Waals surface area contributed by atoms with E-state index in [0.717, 1.165) is 6.07 Å². The molecular formula is C9H8BrFO4. The Balaban J connectivity index is 3.27. The van der Waals surface area contributed by atoms with Crippen molar-refractivity contribution in [3.05, 3.63) is 21.9 Å². The summed E-state index contributed by atoms with van der Waals surface area (Å²) in [6, 6.07) is 0.938. The van der Waals surface area contributed by atoms with Gasteiger partial charge in [-0.15, -0.1) is 0 Å². The molecule has 1 aromatic carbocycles. The van der Waals surface area contributed by atoms with Crippen molar-refractivity contribution in [2.75, 3.05) is 7.11 Å². The van der Waals surface area contributed by atoms with Crippen molar-refractivity contribution in [3.63, 3.8) is 0 Å². The summed E-state index contributed by atoms with van der Waals surface area (Å²) in [6.07, 6.45) is -0.453. The number of phenols is 1. The van der Waals surface area contributed by atoms with E-state index in [0.29, 0.717) is 0 Å². The number of aromatic hydroxyl groups is 1. The standard InChI is InChI=1S/C9H8BrFO4/c1-15-9-5(11)2-4(3-6(12)13)8(14)7(9)10/h2,14H,3H2,1H3,(H,12,13). The van der Waals surface area contributed by atoms with Crippen molar-refractivity contribution in [1.82, 2.24) is 0 Å². The Morgan fingerprint density at radius 1 is 1.67 bits per heavy atom. The van der Waals surface area contributed by atoms with Crippen LogP contribution in [0.1, 0.15) is 5.56 Å². The van der Waals surface area contributed by atoms with Crippen molar-refractivity contribution >= 4 is 21.9 Å². The van der Waals surface area contributed by atoms with Crippen LogP contribution in [0.3, 0.4) is 0 Å². The quantitative estimate of drug-likeness (QED) is 0.887. The SMILES string of the molecule is COc1c(F)cc(CC(=O)O)c(O)c1Br. The molecule has 0 radical (unpaired) electrons. The second kappa shape index (κ2) is 4.48. The molecule has 0 saturated heterocycles. The predicted molar refractivity (Wildman–Crippen MR) is 53.7 cm³/mol. The van der Waals surface area contributed by atoms with Crippen molar-refractivity contribution in [2.24, 2.45) is 0 Å². The maximum atomic E-state index is 13.3. The number of aliphatic carboxylic acids is 1. The zero-order chi connectivity index (χ0) is 11.6. The summed E-state index contributed by atoms with van der Waals surface area (Å²) in [5.41, 5.74) is -0.00678. The number of carboxylic acid groups (broad SMARTS) is 1. The van der Waals surface area contributed by atoms with Gasteiger partial charge in [-0.2, -0.15) is 0 Å². The maximum absolute atomic E-state index is 13.3. The molecule has 0 unspecified atom stereocenters. The van der Waals surface area contributed by atoms with Gasteiger partial charge < -0.3 is 14.9 Å². The Hall–Kier alpha value is -1.30. The number of phenolic OH excluding ortho intramolecular Hbond substituents is 1. The van der Waals surface area contributed by atoms with Crippen LogP contribution in [-0.4, -0.2) is 23.3 Å².